The predicted molar refractivity (Wildman–Crippen MR) is 299 cm³/mol. The zero-order valence-electron chi connectivity index (χ0n) is 45.5. The molecule has 4 aliphatic rings. The van der Waals surface area contributed by atoms with Gasteiger partial charge < -0.3 is 46.2 Å². The molecule has 5 aromatic rings. The van der Waals surface area contributed by atoms with Gasteiger partial charge in [-0.2, -0.15) is 8.78 Å². The summed E-state index contributed by atoms with van der Waals surface area (Å²) >= 11 is 0.834. The smallest absolute Gasteiger partial charge is 0.370 e. The first-order valence-electron chi connectivity index (χ1n) is 27.5. The molecule has 0 aliphatic carbocycles. The number of carbonyl (C=O) groups is 9. The topological polar surface area (TPSA) is 295 Å². The van der Waals surface area contributed by atoms with Crippen molar-refractivity contribution in [3.05, 3.63) is 141 Å². The fourth-order valence-electron chi connectivity index (χ4n) is 11.2. The lowest BCUT2D eigenvalue weighted by atomic mass is 9.97. The molecule has 4 aromatic carbocycles. The summed E-state index contributed by atoms with van der Waals surface area (Å²) in [6, 6.07) is 12.8. The van der Waals surface area contributed by atoms with Crippen LogP contribution in [0.15, 0.2) is 91.0 Å². The average Bonchev–Trinajstić information content (AvgIpc) is 2.58. The zero-order chi connectivity index (χ0) is 60.9. The van der Waals surface area contributed by atoms with Gasteiger partial charge in [0.25, 0.3) is 11.8 Å². The number of imide groups is 1. The molecule has 85 heavy (non-hydrogen) atoms. The molecule has 26 heteroatoms. The van der Waals surface area contributed by atoms with Crippen molar-refractivity contribution in [1.82, 2.24) is 36.0 Å². The minimum Gasteiger partial charge on any atom is -0.370 e. The Morgan fingerprint density at radius 2 is 1.56 bits per heavy atom. The largest absolute Gasteiger partial charge is 0.399 e. The molecule has 5 heterocycles. The number of piperidine rings is 1. The van der Waals surface area contributed by atoms with Crippen LogP contribution in [0.2, 0.25) is 0 Å². The number of alkyl halides is 2. The van der Waals surface area contributed by atoms with Gasteiger partial charge in [-0.15, -0.1) is 11.3 Å². The molecule has 3 fully saturated rings. The van der Waals surface area contributed by atoms with Gasteiger partial charge in [0.05, 0.1) is 10.9 Å². The summed E-state index contributed by atoms with van der Waals surface area (Å²) in [6.07, 6.45) is 2.19. The standard InChI is InChI=1S/C59H59F4N8O12PS/c60-38-13-6-11-34(28-38)52(35-12-7-14-39(61)29-35)68-53(75)43(19-23-49(64)72)65-55(77)46-20-18-40-25-26-69(32-44(58(80)71(40)46)66-56(78)48-30-36-27-37(17-22-47(36)85-48)59(62,63)84(81,82)83)51(74)16-5-3-1-2-4-9-33-10-8-15-41-42(33)31-70(57(41)79)45-21-24-50(73)67-54(45)76/h6-8,10-15,17,22,27-30,40,43-46,52H,1-3,5,16,18-21,23-26,31-32H2,(H2,64,72)(H,65,77)(H,66,78)(H,68,75)(H,67,73,76)(H2,81,82,83)/t40-,43+,44+,45?,46+/m1/s1. The van der Waals surface area contributed by atoms with E-state index >= 15 is 4.79 Å². The van der Waals surface area contributed by atoms with E-state index in [1.54, 1.807) is 18.2 Å². The number of carbonyl (C=O) groups excluding carboxylic acids is 9. The van der Waals surface area contributed by atoms with Crippen molar-refractivity contribution in [3.63, 3.8) is 0 Å². The van der Waals surface area contributed by atoms with Gasteiger partial charge in [-0.05, 0) is 122 Å². The molecule has 4 aliphatic heterocycles. The van der Waals surface area contributed by atoms with Crippen molar-refractivity contribution in [2.24, 2.45) is 5.73 Å². The highest BCUT2D eigenvalue weighted by atomic mass is 32.1. The maximum absolute atomic E-state index is 15.0. The first-order chi connectivity index (χ1) is 40.5. The van der Waals surface area contributed by atoms with Crippen LogP contribution in [0, 0.1) is 23.5 Å². The summed E-state index contributed by atoms with van der Waals surface area (Å²) in [6.45, 7) is -0.126. The molecule has 5 atom stereocenters. The van der Waals surface area contributed by atoms with Crippen LogP contribution in [-0.2, 0) is 50.3 Å². The Morgan fingerprint density at radius 3 is 2.25 bits per heavy atom. The number of halogens is 4. The van der Waals surface area contributed by atoms with E-state index in [9.17, 15) is 70.3 Å². The monoisotopic (exact) mass is 1210 g/mol. The van der Waals surface area contributed by atoms with E-state index in [1.165, 1.54) is 63.2 Å². The molecule has 9 amide bonds. The molecule has 0 bridgehead atoms. The number of rotatable bonds is 19. The number of unbranched alkanes of at least 4 members (excludes halogenated alkanes) is 3. The van der Waals surface area contributed by atoms with Gasteiger partial charge in [0.1, 0.15) is 35.8 Å². The fraction of sp³-hybridized carbons (Fsp3) is 0.373. The SMILES string of the molecule is NC(=O)CC[C@H](NC(=O)[C@@H]1CC[C@@H]2CCN(C(=O)CCCCCC#Cc3cccc4c3CN(C3CCC(=O)NC3=O)C4=O)C[C@H](NC(=O)c3cc4cc(C(F)(F)P(=O)(O)O)ccc4s3)C(=O)N21)C(=O)NC(c1cccc(F)c1)c1cccc(F)c1. The molecule has 0 spiro atoms. The lowest BCUT2D eigenvalue weighted by molar-refractivity contribution is -0.145. The Labute approximate surface area is 488 Å². The normalized spacial score (nSPS) is 19.3. The summed E-state index contributed by atoms with van der Waals surface area (Å²) in [5, 5.41) is 10.4. The van der Waals surface area contributed by atoms with Gasteiger partial charge in [-0.25, -0.2) is 8.78 Å². The number of thiophene rings is 1. The molecule has 0 saturated carbocycles. The zero-order valence-corrected chi connectivity index (χ0v) is 47.2. The Morgan fingerprint density at radius 1 is 0.847 bits per heavy atom. The summed E-state index contributed by atoms with van der Waals surface area (Å²) < 4.78 is 70.6. The second-order valence-corrected chi connectivity index (χ2v) is 24.0. The third-order valence-corrected chi connectivity index (χ3v) is 17.7. The quantitative estimate of drug-likeness (QED) is 0.0177. The second kappa shape index (κ2) is 25.9. The predicted octanol–water partition coefficient (Wildman–Crippen LogP) is 5.52. The molecule has 446 valence electrons. The van der Waals surface area contributed by atoms with Gasteiger partial charge in [-0.3, -0.25) is 53.0 Å². The highest BCUT2D eigenvalue weighted by Gasteiger charge is 2.51. The Balaban J connectivity index is 0.895. The van der Waals surface area contributed by atoms with E-state index in [0.717, 1.165) is 35.6 Å². The maximum atomic E-state index is 15.0. The van der Waals surface area contributed by atoms with Crippen LogP contribution in [0.25, 0.3) is 10.1 Å². The van der Waals surface area contributed by atoms with E-state index in [2.05, 4.69) is 33.1 Å². The maximum Gasteiger partial charge on any atom is 0.399 e. The van der Waals surface area contributed by atoms with Gasteiger partial charge in [0.15, 0.2) is 0 Å². The van der Waals surface area contributed by atoms with Crippen LogP contribution >= 0.6 is 18.9 Å². The van der Waals surface area contributed by atoms with Crippen molar-refractivity contribution >= 4 is 82.2 Å². The van der Waals surface area contributed by atoms with Crippen molar-refractivity contribution < 1.29 is 75.1 Å². The average molecular weight is 1210 g/mol. The van der Waals surface area contributed by atoms with Crippen molar-refractivity contribution in [2.75, 3.05) is 13.1 Å². The number of amides is 9. The number of nitrogens with zero attached hydrogens (tertiary/aromatic N) is 3. The molecular formula is C59H59F4N8O12PS. The van der Waals surface area contributed by atoms with Gasteiger partial charge in [0, 0.05) is 72.7 Å². The van der Waals surface area contributed by atoms with E-state index < -0.39 is 102 Å². The van der Waals surface area contributed by atoms with Gasteiger partial charge >= 0.3 is 13.3 Å². The fourth-order valence-corrected chi connectivity index (χ4v) is 12.6. The van der Waals surface area contributed by atoms with Crippen LogP contribution in [0.4, 0.5) is 17.6 Å². The number of nitrogens with two attached hydrogens (primary N) is 1. The lowest BCUT2D eigenvalue weighted by Gasteiger charge is -2.39. The number of primary amides is 1. The highest BCUT2D eigenvalue weighted by molar-refractivity contribution is 7.52. The van der Waals surface area contributed by atoms with Crippen LogP contribution in [0.3, 0.4) is 0 Å². The number of hydrogen-bond donors (Lipinski definition) is 7. The minimum atomic E-state index is -5.95. The second-order valence-electron chi connectivity index (χ2n) is 21.3. The molecule has 0 radical (unpaired) electrons. The molecule has 20 nitrogen and oxygen atoms in total. The Kier molecular flexibility index (Phi) is 18.7. The van der Waals surface area contributed by atoms with E-state index in [4.69, 9.17) is 5.73 Å². The lowest BCUT2D eigenvalue weighted by Crippen LogP contribution is -2.62. The van der Waals surface area contributed by atoms with Crippen LogP contribution < -0.4 is 27.0 Å². The van der Waals surface area contributed by atoms with Gasteiger partial charge in [-0.1, -0.05) is 54.7 Å². The molecule has 9 rings (SSSR count). The van der Waals surface area contributed by atoms with E-state index in [0.29, 0.717) is 42.4 Å². The number of hydrogen-bond acceptors (Lipinski definition) is 11. The van der Waals surface area contributed by atoms with Crippen molar-refractivity contribution in [1.29, 1.82) is 0 Å². The van der Waals surface area contributed by atoms with Crippen LogP contribution in [-0.4, -0.2) is 121 Å². The molecule has 3 saturated heterocycles. The Bertz CT molecular complexity index is 3580. The Hall–Kier alpha value is -8.30. The molecule has 1 aromatic heterocycles. The van der Waals surface area contributed by atoms with Crippen molar-refractivity contribution in [2.45, 2.75) is 126 Å². The van der Waals surface area contributed by atoms with E-state index in [-0.39, 0.29) is 115 Å². The summed E-state index contributed by atoms with van der Waals surface area (Å²) in [5.74, 6) is -0.736. The first-order valence-corrected chi connectivity index (χ1v) is 29.9. The summed E-state index contributed by atoms with van der Waals surface area (Å²) in [5.41, 5.74) is 2.14. The molecular weight excluding hydrogens is 1150 g/mol. The molecule has 8 N–H and O–H groups in total. The number of benzene rings is 4. The third-order valence-electron chi connectivity index (χ3n) is 15.6. The number of nitrogens with one attached hydrogen (secondary N) is 4. The summed E-state index contributed by atoms with van der Waals surface area (Å²) in [7, 11) is -5.95. The third kappa shape index (κ3) is 13.9. The first kappa shape index (κ1) is 61.3. The minimum absolute atomic E-state index is 0.0374. The molecule has 1 unspecified atom stereocenters. The van der Waals surface area contributed by atoms with Crippen molar-refractivity contribution in [3.8, 4) is 11.8 Å². The number of fused-ring (bicyclic) bond motifs is 3. The van der Waals surface area contributed by atoms with Crippen LogP contribution in [0.1, 0.15) is 131 Å². The van der Waals surface area contributed by atoms with E-state index in [1.807, 2.05) is 0 Å². The van der Waals surface area contributed by atoms with Gasteiger partial charge in [0.2, 0.25) is 41.4 Å². The van der Waals surface area contributed by atoms with Crippen LogP contribution in [0.5, 0.6) is 0 Å². The summed E-state index contributed by atoms with van der Waals surface area (Å²) in [4.78, 5) is 145. The highest BCUT2D eigenvalue weighted by Crippen LogP contribution is 2.59.